The van der Waals surface area contributed by atoms with E-state index in [1.165, 1.54) is 16.9 Å². The van der Waals surface area contributed by atoms with Gasteiger partial charge in [0, 0.05) is 19.3 Å². The number of benzene rings is 1. The standard InChI is InChI=1S/C17H19F3N6O4S2/c1-9(2)30-15(27)14-22-24-16(31-14)23-21-11-7-10-5-4-6-26(3)13(10)8-12(11)25-32(28,29)17(18,19)20/h7-9,25H,4-6H2,1-3H3/b23-21+. The second kappa shape index (κ2) is 8.97. The number of alkyl halides is 3. The summed E-state index contributed by atoms with van der Waals surface area (Å²) in [4.78, 5) is 13.7. The normalized spacial score (nSPS) is 14.7. The predicted molar refractivity (Wildman–Crippen MR) is 111 cm³/mol. The molecule has 0 saturated carbocycles. The molecular weight excluding hydrogens is 473 g/mol. The zero-order valence-corrected chi connectivity index (χ0v) is 18.8. The third kappa shape index (κ3) is 5.32. The Morgan fingerprint density at radius 3 is 2.66 bits per heavy atom. The van der Waals surface area contributed by atoms with E-state index in [9.17, 15) is 26.4 Å². The van der Waals surface area contributed by atoms with Crippen LogP contribution in [-0.2, 0) is 21.2 Å². The van der Waals surface area contributed by atoms with Gasteiger partial charge in [-0.1, -0.05) is 11.3 Å². The zero-order valence-electron chi connectivity index (χ0n) is 17.2. The number of ether oxygens (including phenoxy) is 1. The molecule has 0 aliphatic carbocycles. The van der Waals surface area contributed by atoms with Crippen molar-refractivity contribution in [3.8, 4) is 0 Å². The van der Waals surface area contributed by atoms with Crippen LogP contribution in [0.25, 0.3) is 0 Å². The van der Waals surface area contributed by atoms with E-state index in [0.717, 1.165) is 23.3 Å². The first-order valence-electron chi connectivity index (χ1n) is 9.31. The van der Waals surface area contributed by atoms with Crippen molar-refractivity contribution in [3.05, 3.63) is 22.7 Å². The molecule has 1 aliphatic rings. The molecule has 1 N–H and O–H groups in total. The average molecular weight is 493 g/mol. The molecule has 3 rings (SSSR count). The number of nitrogens with one attached hydrogen (secondary N) is 1. The summed E-state index contributed by atoms with van der Waals surface area (Å²) in [6, 6.07) is 2.76. The van der Waals surface area contributed by atoms with Crippen LogP contribution in [0.4, 0.5) is 35.4 Å². The number of aryl methyl sites for hydroxylation is 1. The third-order valence-corrected chi connectivity index (χ3v) is 6.16. The number of aromatic nitrogens is 2. The summed E-state index contributed by atoms with van der Waals surface area (Å²) in [5, 5.41) is 14.9. The number of nitrogens with zero attached hydrogens (tertiary/aromatic N) is 5. The average Bonchev–Trinajstić information content (AvgIpc) is 3.14. The lowest BCUT2D eigenvalue weighted by Gasteiger charge is -2.28. The lowest BCUT2D eigenvalue weighted by Crippen LogP contribution is -2.30. The molecule has 0 amide bonds. The van der Waals surface area contributed by atoms with Crippen molar-refractivity contribution in [2.75, 3.05) is 23.2 Å². The number of rotatable bonds is 6. The molecule has 0 bridgehead atoms. The lowest BCUT2D eigenvalue weighted by atomic mass is 10.0. The van der Waals surface area contributed by atoms with Crippen molar-refractivity contribution in [1.82, 2.24) is 10.2 Å². The van der Waals surface area contributed by atoms with Crippen molar-refractivity contribution in [2.24, 2.45) is 10.2 Å². The van der Waals surface area contributed by atoms with Gasteiger partial charge in [0.2, 0.25) is 5.01 Å². The smallest absolute Gasteiger partial charge is 0.458 e. The van der Waals surface area contributed by atoms with E-state index in [1.54, 1.807) is 20.9 Å². The Morgan fingerprint density at radius 1 is 1.28 bits per heavy atom. The number of sulfonamides is 1. The number of esters is 1. The summed E-state index contributed by atoms with van der Waals surface area (Å²) in [6.45, 7) is 3.99. The number of carbonyl (C=O) groups is 1. The van der Waals surface area contributed by atoms with Crippen LogP contribution >= 0.6 is 11.3 Å². The van der Waals surface area contributed by atoms with Crippen LogP contribution in [0.5, 0.6) is 0 Å². The van der Waals surface area contributed by atoms with Gasteiger partial charge in [0.1, 0.15) is 5.69 Å². The number of anilines is 2. The molecule has 174 valence electrons. The summed E-state index contributed by atoms with van der Waals surface area (Å²) in [5.41, 5.74) is -4.66. The van der Waals surface area contributed by atoms with Gasteiger partial charge in [0.05, 0.1) is 11.8 Å². The Bertz CT molecular complexity index is 1150. The van der Waals surface area contributed by atoms with E-state index in [1.807, 2.05) is 4.90 Å². The summed E-state index contributed by atoms with van der Waals surface area (Å²) in [6.07, 6.45) is 1.08. The fraction of sp³-hybridized carbons (Fsp3) is 0.471. The predicted octanol–water partition coefficient (Wildman–Crippen LogP) is 4.16. The first kappa shape index (κ1) is 23.8. The molecule has 0 spiro atoms. The van der Waals surface area contributed by atoms with Crippen LogP contribution in [0.2, 0.25) is 0 Å². The monoisotopic (exact) mass is 492 g/mol. The first-order valence-corrected chi connectivity index (χ1v) is 11.6. The largest absolute Gasteiger partial charge is 0.516 e. The number of fused-ring (bicyclic) bond motifs is 1. The van der Waals surface area contributed by atoms with E-state index < -0.39 is 21.5 Å². The number of hydrogen-bond acceptors (Lipinski definition) is 10. The van der Waals surface area contributed by atoms with Gasteiger partial charge in [-0.3, -0.25) is 4.72 Å². The zero-order chi connectivity index (χ0) is 23.7. The number of halogens is 3. The molecule has 2 heterocycles. The molecule has 0 atom stereocenters. The van der Waals surface area contributed by atoms with Gasteiger partial charge in [0.15, 0.2) is 0 Å². The Hall–Kier alpha value is -2.81. The minimum absolute atomic E-state index is 0.0554. The first-order chi connectivity index (χ1) is 14.9. The van der Waals surface area contributed by atoms with E-state index >= 15 is 0 Å². The molecule has 10 nitrogen and oxygen atoms in total. The summed E-state index contributed by atoms with van der Waals surface area (Å²) in [7, 11) is -3.93. The molecule has 1 aliphatic heterocycles. The third-order valence-electron chi connectivity index (χ3n) is 4.27. The Morgan fingerprint density at radius 2 is 2.00 bits per heavy atom. The maximum absolute atomic E-state index is 12.9. The SMILES string of the molecule is CC(C)OC(=O)c1nnc(/N=N/c2cc3c(cc2NS(=O)(=O)C(F)(F)F)N(C)CCC3)s1. The fourth-order valence-corrected chi connectivity index (χ4v) is 3.99. The maximum atomic E-state index is 12.9. The van der Waals surface area contributed by atoms with Gasteiger partial charge < -0.3 is 9.64 Å². The Labute approximate surface area is 185 Å². The fourth-order valence-electron chi connectivity index (χ4n) is 2.87. The number of hydrogen-bond donors (Lipinski definition) is 1. The van der Waals surface area contributed by atoms with Crippen LogP contribution in [0.3, 0.4) is 0 Å². The minimum atomic E-state index is -5.68. The number of azo groups is 1. The molecular formula is C17H19F3N6O4S2. The second-order valence-electron chi connectivity index (χ2n) is 7.12. The quantitative estimate of drug-likeness (QED) is 0.474. The second-order valence-corrected chi connectivity index (χ2v) is 9.75. The van der Waals surface area contributed by atoms with Crippen LogP contribution in [0, 0.1) is 0 Å². The molecule has 0 fully saturated rings. The Balaban J connectivity index is 1.96. The van der Waals surface area contributed by atoms with Gasteiger partial charge >= 0.3 is 21.5 Å². The number of carbonyl (C=O) groups excluding carboxylic acids is 1. The molecule has 0 saturated heterocycles. The van der Waals surface area contributed by atoms with Crippen molar-refractivity contribution in [1.29, 1.82) is 0 Å². The highest BCUT2D eigenvalue weighted by Gasteiger charge is 2.46. The van der Waals surface area contributed by atoms with Crippen LogP contribution in [0.1, 0.15) is 35.6 Å². The van der Waals surface area contributed by atoms with Crippen molar-refractivity contribution in [2.45, 2.75) is 38.3 Å². The maximum Gasteiger partial charge on any atom is 0.516 e. The van der Waals surface area contributed by atoms with Gasteiger partial charge in [0.25, 0.3) is 5.13 Å². The highest BCUT2D eigenvalue weighted by atomic mass is 32.2. The molecule has 0 radical (unpaired) electrons. The van der Waals surface area contributed by atoms with E-state index in [2.05, 4.69) is 20.4 Å². The molecule has 0 unspecified atom stereocenters. The minimum Gasteiger partial charge on any atom is -0.458 e. The van der Waals surface area contributed by atoms with Gasteiger partial charge in [-0.15, -0.1) is 20.4 Å². The van der Waals surface area contributed by atoms with Crippen molar-refractivity contribution >= 4 is 49.5 Å². The summed E-state index contributed by atoms with van der Waals surface area (Å²) < 4.78 is 68.6. The van der Waals surface area contributed by atoms with Crippen molar-refractivity contribution < 1.29 is 31.1 Å². The van der Waals surface area contributed by atoms with Crippen LogP contribution < -0.4 is 9.62 Å². The molecule has 1 aromatic carbocycles. The Kier molecular flexibility index (Phi) is 6.69. The van der Waals surface area contributed by atoms with E-state index in [-0.39, 0.29) is 27.6 Å². The van der Waals surface area contributed by atoms with E-state index in [4.69, 9.17) is 4.74 Å². The lowest BCUT2D eigenvalue weighted by molar-refractivity contribution is -0.0429. The molecule has 2 aromatic rings. The topological polar surface area (TPSA) is 126 Å². The highest BCUT2D eigenvalue weighted by Crippen LogP contribution is 2.39. The molecule has 32 heavy (non-hydrogen) atoms. The molecule has 1 aromatic heterocycles. The summed E-state index contributed by atoms with van der Waals surface area (Å²) >= 11 is 0.771. The van der Waals surface area contributed by atoms with Crippen LogP contribution in [-0.4, -0.2) is 49.8 Å². The summed E-state index contributed by atoms with van der Waals surface area (Å²) in [5.74, 6) is -0.700. The van der Waals surface area contributed by atoms with Crippen molar-refractivity contribution in [3.63, 3.8) is 0 Å². The van der Waals surface area contributed by atoms with Crippen LogP contribution in [0.15, 0.2) is 22.4 Å². The van der Waals surface area contributed by atoms with Gasteiger partial charge in [-0.05, 0) is 44.4 Å². The molecule has 15 heteroatoms. The van der Waals surface area contributed by atoms with E-state index in [0.29, 0.717) is 18.7 Å². The van der Waals surface area contributed by atoms with Gasteiger partial charge in [-0.2, -0.15) is 21.6 Å². The van der Waals surface area contributed by atoms with Gasteiger partial charge in [-0.25, -0.2) is 4.79 Å². The highest BCUT2D eigenvalue weighted by molar-refractivity contribution is 7.93.